The fraction of sp³-hybridized carbons (Fsp3) is 0.267. The average molecular weight is 420 g/mol. The van der Waals surface area contributed by atoms with Gasteiger partial charge in [-0.2, -0.15) is 0 Å². The summed E-state index contributed by atoms with van der Waals surface area (Å²) in [4.78, 5) is 37.7. The molecule has 1 radical (unpaired) electrons. The fourth-order valence-electron chi connectivity index (χ4n) is 2.09. The first kappa shape index (κ1) is 21.3. The number of thiazole rings is 1. The second kappa shape index (κ2) is 9.10. The molecular weight excluding hydrogens is 407 g/mol. The van der Waals surface area contributed by atoms with E-state index >= 15 is 0 Å². The Kier molecular flexibility index (Phi) is 7.75. The molecule has 1 heterocycles. The van der Waals surface area contributed by atoms with Crippen molar-refractivity contribution in [3.8, 4) is 5.75 Å². The Balaban J connectivity index is 0.00000312. The summed E-state index contributed by atoms with van der Waals surface area (Å²) in [5, 5.41) is 11.2. The van der Waals surface area contributed by atoms with Gasteiger partial charge < -0.3 is 4.74 Å². The molecule has 0 spiro atoms. The van der Waals surface area contributed by atoms with Gasteiger partial charge >= 0.3 is 5.00 Å². The van der Waals surface area contributed by atoms with Crippen LogP contribution >= 0.6 is 22.9 Å². The molecule has 131 valence electrons. The number of aromatic nitrogens is 1. The molecule has 2 rings (SSSR count). The summed E-state index contributed by atoms with van der Waals surface area (Å²) in [6.07, 6.45) is 1.16. The summed E-state index contributed by atoms with van der Waals surface area (Å²) in [5.74, 6) is -0.0906. The number of rotatable bonds is 7. The Hall–Kier alpha value is -1.74. The van der Waals surface area contributed by atoms with Gasteiger partial charge in [0.2, 0.25) is 0 Å². The molecule has 0 fully saturated rings. The molecule has 0 amide bonds. The molecule has 0 aliphatic carbocycles. The van der Waals surface area contributed by atoms with Crippen LogP contribution < -0.4 is 4.74 Å². The predicted molar refractivity (Wildman–Crippen MR) is 89.2 cm³/mol. The predicted octanol–water partition coefficient (Wildman–Crippen LogP) is 3.27. The van der Waals surface area contributed by atoms with Gasteiger partial charge in [-0.25, -0.2) is 4.98 Å². The Bertz CT molecular complexity index is 824. The number of hydrogen-bond acceptors (Lipinski definition) is 7. The van der Waals surface area contributed by atoms with E-state index in [-0.39, 0.29) is 53.5 Å². The second-order valence-electron chi connectivity index (χ2n) is 4.97. The number of carbonyl (C=O) groups excluding carboxylic acids is 2. The van der Waals surface area contributed by atoms with E-state index in [1.807, 2.05) is 0 Å². The fourth-order valence-corrected chi connectivity index (χ4v) is 3.05. The maximum absolute atomic E-state index is 12.4. The van der Waals surface area contributed by atoms with E-state index in [0.29, 0.717) is 21.3 Å². The molecule has 7 nitrogen and oxygen atoms in total. The number of carbonyl (C=O) groups is 2. The zero-order valence-corrected chi connectivity index (χ0v) is 16.3. The van der Waals surface area contributed by atoms with Crippen LogP contribution in [0.3, 0.4) is 0 Å². The number of halogens is 1. The van der Waals surface area contributed by atoms with E-state index in [1.54, 1.807) is 6.07 Å². The molecule has 0 unspecified atom stereocenters. The van der Waals surface area contributed by atoms with Gasteiger partial charge in [-0.3, -0.25) is 19.7 Å². The van der Waals surface area contributed by atoms with Gasteiger partial charge in [0.15, 0.2) is 5.78 Å². The molecule has 0 aliphatic heterocycles. The average Bonchev–Trinajstić information content (AvgIpc) is 2.97. The summed E-state index contributed by atoms with van der Waals surface area (Å²) in [7, 11) is 1.41. The molecule has 0 saturated carbocycles. The number of Topliss-reactive ketones (excluding diaryl/α,β-unsaturated/α-hetero) is 2. The van der Waals surface area contributed by atoms with Crippen molar-refractivity contribution >= 4 is 39.5 Å². The van der Waals surface area contributed by atoms with Gasteiger partial charge in [0.25, 0.3) is 0 Å². The largest absolute Gasteiger partial charge is 0.496 e. The van der Waals surface area contributed by atoms with E-state index in [0.717, 1.165) is 17.5 Å². The second-order valence-corrected chi connectivity index (χ2v) is 6.47. The summed E-state index contributed by atoms with van der Waals surface area (Å²) in [6, 6.07) is 3.00. The molecule has 2 aromatic rings. The van der Waals surface area contributed by atoms with Crippen LogP contribution in [-0.2, 0) is 36.2 Å². The standard InChI is InChI=1S/C15H13ClN2O5S.V/c1-8(19)3-9-4-13(23-2)10(5-11(9)16)12(20)6-14-17-7-15(24-14)18(21)22;/h4-5,7H,3,6H2,1-2H3;. The number of methoxy groups -OCH3 is 1. The first-order chi connectivity index (χ1) is 11.3. The maximum Gasteiger partial charge on any atom is 0.343 e. The number of hydrogen-bond donors (Lipinski definition) is 0. The van der Waals surface area contributed by atoms with Crippen molar-refractivity contribution in [2.24, 2.45) is 0 Å². The van der Waals surface area contributed by atoms with Crippen molar-refractivity contribution in [3.05, 3.63) is 49.6 Å². The minimum atomic E-state index is -0.556. The van der Waals surface area contributed by atoms with Gasteiger partial charge in [0.05, 0.1) is 24.0 Å². The zero-order valence-electron chi connectivity index (χ0n) is 13.3. The summed E-state index contributed by atoms with van der Waals surface area (Å²) in [5.41, 5.74) is 0.815. The zero-order chi connectivity index (χ0) is 17.9. The van der Waals surface area contributed by atoms with Crippen molar-refractivity contribution < 1.29 is 37.8 Å². The Morgan fingerprint density at radius 2 is 2.04 bits per heavy atom. The van der Waals surface area contributed by atoms with E-state index in [1.165, 1.54) is 20.1 Å². The van der Waals surface area contributed by atoms with Crippen LogP contribution in [0.25, 0.3) is 0 Å². The molecule has 1 aromatic heterocycles. The third-order valence-corrected chi connectivity index (χ3v) is 4.44. The van der Waals surface area contributed by atoms with Crippen LogP contribution in [0.4, 0.5) is 5.00 Å². The van der Waals surface area contributed by atoms with E-state index in [4.69, 9.17) is 16.3 Å². The molecule has 1 aromatic carbocycles. The van der Waals surface area contributed by atoms with Gasteiger partial charge in [-0.1, -0.05) is 11.6 Å². The molecule has 0 atom stereocenters. The first-order valence-electron chi connectivity index (χ1n) is 6.80. The minimum Gasteiger partial charge on any atom is -0.496 e. The van der Waals surface area contributed by atoms with Crippen LogP contribution in [0, 0.1) is 10.1 Å². The summed E-state index contributed by atoms with van der Waals surface area (Å²) >= 11 is 6.98. The van der Waals surface area contributed by atoms with Crippen LogP contribution in [0.5, 0.6) is 5.75 Å². The third-order valence-electron chi connectivity index (χ3n) is 3.14. The molecule has 0 N–H and O–H groups in total. The number of benzene rings is 1. The monoisotopic (exact) mass is 419 g/mol. The van der Waals surface area contributed by atoms with Crippen LogP contribution in [0.2, 0.25) is 5.02 Å². The SMILES string of the molecule is COc1cc(CC(C)=O)c(Cl)cc1C(=O)Cc1ncc([N+](=O)[O-])s1.[V]. The van der Waals surface area contributed by atoms with Gasteiger partial charge in [-0.05, 0) is 36.0 Å². The van der Waals surface area contributed by atoms with Gasteiger partial charge in [-0.15, -0.1) is 0 Å². The number of ether oxygens (including phenoxy) is 1. The Morgan fingerprint density at radius 3 is 2.56 bits per heavy atom. The smallest absolute Gasteiger partial charge is 0.343 e. The van der Waals surface area contributed by atoms with Gasteiger partial charge in [0, 0.05) is 30.0 Å². The first-order valence-corrected chi connectivity index (χ1v) is 7.99. The molecule has 25 heavy (non-hydrogen) atoms. The van der Waals surface area contributed by atoms with E-state index < -0.39 is 4.92 Å². The van der Waals surface area contributed by atoms with Crippen molar-refractivity contribution in [2.45, 2.75) is 19.8 Å². The van der Waals surface area contributed by atoms with Crippen molar-refractivity contribution in [1.82, 2.24) is 4.98 Å². The van der Waals surface area contributed by atoms with E-state index in [2.05, 4.69) is 4.98 Å². The maximum atomic E-state index is 12.4. The molecule has 0 bridgehead atoms. The van der Waals surface area contributed by atoms with Crippen LogP contribution in [0.15, 0.2) is 18.3 Å². The normalized spacial score (nSPS) is 10.0. The summed E-state index contributed by atoms with van der Waals surface area (Å²) in [6.45, 7) is 1.44. The number of nitro groups is 1. The third kappa shape index (κ3) is 5.37. The van der Waals surface area contributed by atoms with Crippen molar-refractivity contribution in [1.29, 1.82) is 0 Å². The number of ketones is 2. The minimum absolute atomic E-state index is 0. The van der Waals surface area contributed by atoms with Crippen molar-refractivity contribution in [3.63, 3.8) is 0 Å². The molecular formula is C15H13ClN2O5SV. The van der Waals surface area contributed by atoms with Crippen LogP contribution in [0.1, 0.15) is 27.9 Å². The number of nitrogens with zero attached hydrogens (tertiary/aromatic N) is 2. The Morgan fingerprint density at radius 1 is 1.36 bits per heavy atom. The van der Waals surface area contributed by atoms with Gasteiger partial charge in [0.1, 0.15) is 22.7 Å². The van der Waals surface area contributed by atoms with Crippen LogP contribution in [-0.4, -0.2) is 28.6 Å². The van der Waals surface area contributed by atoms with Crippen molar-refractivity contribution in [2.75, 3.05) is 7.11 Å². The Labute approximate surface area is 164 Å². The molecule has 0 aliphatic rings. The topological polar surface area (TPSA) is 99.4 Å². The quantitative estimate of drug-likeness (QED) is 0.388. The molecule has 0 saturated heterocycles. The van der Waals surface area contributed by atoms with E-state index in [9.17, 15) is 19.7 Å². The molecule has 10 heteroatoms. The summed E-state index contributed by atoms with van der Waals surface area (Å²) < 4.78 is 5.21.